The van der Waals surface area contributed by atoms with Gasteiger partial charge in [-0.2, -0.15) is 0 Å². The Morgan fingerprint density at radius 3 is 0.750 bits per heavy atom. The largest absolute Gasteiger partial charge is 0.274 e. The zero-order chi connectivity index (χ0) is 28.2. The number of rotatable bonds is 19. The summed E-state index contributed by atoms with van der Waals surface area (Å²) >= 11 is 0. The number of imide groups is 2. The smallest absolute Gasteiger partial charge is 0.261 e. The van der Waals surface area contributed by atoms with Gasteiger partial charge in [0.15, 0.2) is 0 Å². The van der Waals surface area contributed by atoms with Crippen molar-refractivity contribution in [2.45, 2.75) is 103 Å². The van der Waals surface area contributed by atoms with E-state index in [9.17, 15) is 19.2 Å². The molecule has 4 amide bonds. The van der Waals surface area contributed by atoms with Crippen molar-refractivity contribution in [1.29, 1.82) is 0 Å². The Balaban J connectivity index is 0.891. The Morgan fingerprint density at radius 2 is 0.525 bits per heavy atom. The van der Waals surface area contributed by atoms with E-state index in [0.717, 1.165) is 25.7 Å². The molecule has 6 nitrogen and oxygen atoms in total. The van der Waals surface area contributed by atoms with Crippen molar-refractivity contribution in [1.82, 2.24) is 9.80 Å². The van der Waals surface area contributed by atoms with E-state index in [1.54, 1.807) is 24.3 Å². The van der Waals surface area contributed by atoms with Crippen LogP contribution in [0.4, 0.5) is 0 Å². The summed E-state index contributed by atoms with van der Waals surface area (Å²) in [5, 5.41) is 0. The Labute approximate surface area is 239 Å². The summed E-state index contributed by atoms with van der Waals surface area (Å²) in [5.41, 5.74) is 2.18. The molecule has 0 unspecified atom stereocenters. The lowest BCUT2D eigenvalue weighted by molar-refractivity contribution is 0.0636. The van der Waals surface area contributed by atoms with E-state index in [1.807, 2.05) is 24.3 Å². The fourth-order valence-electron chi connectivity index (χ4n) is 5.90. The first-order valence-electron chi connectivity index (χ1n) is 15.5. The second kappa shape index (κ2) is 15.5. The summed E-state index contributed by atoms with van der Waals surface area (Å²) in [6.07, 6.45) is 19.1. The number of carbonyl (C=O) groups excluding carboxylic acids is 4. The molecule has 2 heterocycles. The number of amides is 4. The molecule has 0 saturated heterocycles. The summed E-state index contributed by atoms with van der Waals surface area (Å²) in [6, 6.07) is 14.2. The van der Waals surface area contributed by atoms with Gasteiger partial charge in [-0.25, -0.2) is 0 Å². The molecule has 0 fully saturated rings. The highest BCUT2D eigenvalue weighted by molar-refractivity contribution is 6.22. The van der Waals surface area contributed by atoms with E-state index >= 15 is 0 Å². The Kier molecular flexibility index (Phi) is 11.5. The summed E-state index contributed by atoms with van der Waals surface area (Å²) in [6.45, 7) is 1.06. The van der Waals surface area contributed by atoms with Crippen molar-refractivity contribution >= 4 is 23.6 Å². The Hall–Kier alpha value is -3.28. The predicted molar refractivity (Wildman–Crippen MR) is 157 cm³/mol. The normalized spacial score (nSPS) is 14.4. The Bertz CT molecular complexity index is 1010. The zero-order valence-corrected chi connectivity index (χ0v) is 23.9. The summed E-state index contributed by atoms with van der Waals surface area (Å²) < 4.78 is 0. The van der Waals surface area contributed by atoms with Crippen molar-refractivity contribution in [2.75, 3.05) is 13.1 Å². The summed E-state index contributed by atoms with van der Waals surface area (Å²) in [4.78, 5) is 52.4. The third kappa shape index (κ3) is 7.67. The highest BCUT2D eigenvalue weighted by Gasteiger charge is 2.35. The number of benzene rings is 2. The standard InChI is InChI=1S/C34H44N2O4/c37-31-27-21-15-16-22-28(27)32(38)35(31)25-19-13-11-9-7-5-3-1-2-4-6-8-10-12-14-20-26-36-33(39)29-23-17-18-24-30(29)34(36)40/h15-18,21-24H,1-14,19-20,25-26H2. The van der Waals surface area contributed by atoms with Crippen LogP contribution in [0.25, 0.3) is 0 Å². The molecular formula is C34H44N2O4. The van der Waals surface area contributed by atoms with Gasteiger partial charge in [0.2, 0.25) is 0 Å². The van der Waals surface area contributed by atoms with Crippen molar-refractivity contribution in [3.8, 4) is 0 Å². The number of fused-ring (bicyclic) bond motifs is 2. The maximum atomic E-state index is 12.4. The van der Waals surface area contributed by atoms with Crippen LogP contribution in [-0.2, 0) is 0 Å². The SMILES string of the molecule is O=C1c2ccccc2C(=O)N1CCCCCCCCCCCCCCCCCCN1C(=O)c2ccccc2C1=O. The molecular weight excluding hydrogens is 500 g/mol. The molecule has 0 aliphatic carbocycles. The lowest BCUT2D eigenvalue weighted by atomic mass is 10.0. The van der Waals surface area contributed by atoms with E-state index in [-0.39, 0.29) is 23.6 Å². The van der Waals surface area contributed by atoms with Crippen LogP contribution in [-0.4, -0.2) is 46.5 Å². The number of hydrogen-bond acceptors (Lipinski definition) is 4. The van der Waals surface area contributed by atoms with Gasteiger partial charge in [0.05, 0.1) is 22.3 Å². The van der Waals surface area contributed by atoms with Gasteiger partial charge < -0.3 is 0 Å². The van der Waals surface area contributed by atoms with E-state index in [0.29, 0.717) is 35.3 Å². The molecule has 2 aromatic carbocycles. The average molecular weight is 545 g/mol. The molecule has 4 rings (SSSR count). The van der Waals surface area contributed by atoms with Gasteiger partial charge in [0, 0.05) is 13.1 Å². The highest BCUT2D eigenvalue weighted by Crippen LogP contribution is 2.24. The van der Waals surface area contributed by atoms with Crippen molar-refractivity contribution < 1.29 is 19.2 Å². The average Bonchev–Trinajstić information content (AvgIpc) is 3.36. The molecule has 6 heteroatoms. The number of hydrogen-bond donors (Lipinski definition) is 0. The van der Waals surface area contributed by atoms with Gasteiger partial charge in [-0.1, -0.05) is 114 Å². The Morgan fingerprint density at radius 1 is 0.325 bits per heavy atom. The maximum absolute atomic E-state index is 12.4. The van der Waals surface area contributed by atoms with Gasteiger partial charge in [0.25, 0.3) is 23.6 Å². The first-order chi connectivity index (χ1) is 19.6. The molecule has 2 aliphatic heterocycles. The van der Waals surface area contributed by atoms with Gasteiger partial charge >= 0.3 is 0 Å². The minimum Gasteiger partial charge on any atom is -0.274 e. The first-order valence-corrected chi connectivity index (χ1v) is 15.5. The molecule has 0 spiro atoms. The maximum Gasteiger partial charge on any atom is 0.261 e. The van der Waals surface area contributed by atoms with Crippen LogP contribution < -0.4 is 0 Å². The predicted octanol–water partition coefficient (Wildman–Crippen LogP) is 7.82. The van der Waals surface area contributed by atoms with Crippen molar-refractivity contribution in [3.63, 3.8) is 0 Å². The van der Waals surface area contributed by atoms with Gasteiger partial charge in [-0.3, -0.25) is 29.0 Å². The van der Waals surface area contributed by atoms with Crippen LogP contribution in [0.5, 0.6) is 0 Å². The lowest BCUT2D eigenvalue weighted by Crippen LogP contribution is -2.30. The van der Waals surface area contributed by atoms with Crippen LogP contribution in [0.2, 0.25) is 0 Å². The molecule has 0 saturated carbocycles. The molecule has 0 bridgehead atoms. The van der Waals surface area contributed by atoms with Crippen LogP contribution in [0.3, 0.4) is 0 Å². The molecule has 214 valence electrons. The van der Waals surface area contributed by atoms with Gasteiger partial charge in [0.1, 0.15) is 0 Å². The highest BCUT2D eigenvalue weighted by atomic mass is 16.2. The fraction of sp³-hybridized carbons (Fsp3) is 0.529. The minimum absolute atomic E-state index is 0.141. The molecule has 0 N–H and O–H groups in total. The van der Waals surface area contributed by atoms with E-state index in [2.05, 4.69) is 0 Å². The zero-order valence-electron chi connectivity index (χ0n) is 23.9. The molecule has 0 radical (unpaired) electrons. The molecule has 0 aromatic heterocycles. The molecule has 0 atom stereocenters. The van der Waals surface area contributed by atoms with Crippen LogP contribution in [0.15, 0.2) is 48.5 Å². The number of unbranched alkanes of at least 4 members (excludes halogenated alkanes) is 15. The molecule has 2 aromatic rings. The van der Waals surface area contributed by atoms with Gasteiger partial charge in [-0.05, 0) is 37.1 Å². The third-order valence-electron chi connectivity index (χ3n) is 8.27. The first kappa shape index (κ1) is 29.7. The van der Waals surface area contributed by atoms with Crippen molar-refractivity contribution in [2.24, 2.45) is 0 Å². The van der Waals surface area contributed by atoms with E-state index in [4.69, 9.17) is 0 Å². The van der Waals surface area contributed by atoms with Crippen molar-refractivity contribution in [3.05, 3.63) is 70.8 Å². The van der Waals surface area contributed by atoms with Crippen LogP contribution in [0, 0.1) is 0 Å². The number of nitrogens with zero attached hydrogens (tertiary/aromatic N) is 2. The van der Waals surface area contributed by atoms with E-state index in [1.165, 1.54) is 86.8 Å². The van der Waals surface area contributed by atoms with E-state index < -0.39 is 0 Å². The van der Waals surface area contributed by atoms with Crippen LogP contribution in [0.1, 0.15) is 144 Å². The van der Waals surface area contributed by atoms with Crippen LogP contribution >= 0.6 is 0 Å². The second-order valence-electron chi connectivity index (χ2n) is 11.3. The molecule has 40 heavy (non-hydrogen) atoms. The lowest BCUT2D eigenvalue weighted by Gasteiger charge is -2.13. The van der Waals surface area contributed by atoms with Gasteiger partial charge in [-0.15, -0.1) is 0 Å². The monoisotopic (exact) mass is 544 g/mol. The topological polar surface area (TPSA) is 74.8 Å². The minimum atomic E-state index is -0.141. The summed E-state index contributed by atoms with van der Waals surface area (Å²) in [5.74, 6) is -0.563. The third-order valence-corrected chi connectivity index (χ3v) is 8.27. The number of carbonyl (C=O) groups is 4. The quantitative estimate of drug-likeness (QED) is 0.133. The second-order valence-corrected chi connectivity index (χ2v) is 11.3. The molecule has 2 aliphatic rings. The summed E-state index contributed by atoms with van der Waals surface area (Å²) in [7, 11) is 0. The fourth-order valence-corrected chi connectivity index (χ4v) is 5.90.